The Morgan fingerprint density at radius 1 is 0.973 bits per heavy atom. The fourth-order valence-corrected chi connectivity index (χ4v) is 4.59. The Hall–Kier alpha value is -3.80. The first-order valence-electron chi connectivity index (χ1n) is 12.8. The number of esters is 2. The zero-order chi connectivity index (χ0) is 26.9. The number of fused-ring (bicyclic) bond motifs is 2. The molecule has 194 valence electrons. The molecule has 0 aliphatic heterocycles. The lowest BCUT2D eigenvalue weighted by Crippen LogP contribution is -2.23. The van der Waals surface area contributed by atoms with Crippen molar-refractivity contribution < 1.29 is 28.7 Å². The van der Waals surface area contributed by atoms with Crippen LogP contribution in [0, 0.1) is 5.92 Å². The molecule has 1 aliphatic carbocycles. The van der Waals surface area contributed by atoms with E-state index >= 15 is 0 Å². The Morgan fingerprint density at radius 3 is 2.30 bits per heavy atom. The standard InChI is InChI=1S/C31H34O6/c1-5-8-12-21(6-2)19-22(17-18-36-27(32)7-3)20(4)31(35)37-26-16-11-15-25-28(26)30(34)24-14-10-9-13-23(24)29(25)33/h7,9-11,13-16,21H,3,5-6,8,12,17-19H2,1-2,4H3. The van der Waals surface area contributed by atoms with Crippen LogP contribution in [0.2, 0.25) is 0 Å². The maximum atomic E-state index is 13.3. The van der Waals surface area contributed by atoms with E-state index in [0.29, 0.717) is 35.5 Å². The zero-order valence-corrected chi connectivity index (χ0v) is 21.8. The predicted molar refractivity (Wildman–Crippen MR) is 142 cm³/mol. The Morgan fingerprint density at radius 2 is 1.65 bits per heavy atom. The van der Waals surface area contributed by atoms with Crippen LogP contribution in [-0.4, -0.2) is 30.1 Å². The average molecular weight is 503 g/mol. The highest BCUT2D eigenvalue weighted by Gasteiger charge is 2.32. The van der Waals surface area contributed by atoms with E-state index in [1.165, 1.54) is 6.07 Å². The smallest absolute Gasteiger partial charge is 0.339 e. The molecule has 2 aromatic rings. The van der Waals surface area contributed by atoms with E-state index in [2.05, 4.69) is 20.4 Å². The summed E-state index contributed by atoms with van der Waals surface area (Å²) in [6.07, 6.45) is 6.35. The van der Waals surface area contributed by atoms with Crippen LogP contribution >= 0.6 is 0 Å². The lowest BCUT2D eigenvalue weighted by Gasteiger charge is -2.21. The molecule has 0 saturated carbocycles. The molecule has 0 spiro atoms. The van der Waals surface area contributed by atoms with E-state index in [1.54, 1.807) is 43.3 Å². The van der Waals surface area contributed by atoms with Gasteiger partial charge in [0, 0.05) is 34.8 Å². The summed E-state index contributed by atoms with van der Waals surface area (Å²) in [5, 5.41) is 0. The highest BCUT2D eigenvalue weighted by Crippen LogP contribution is 2.34. The van der Waals surface area contributed by atoms with Crippen molar-refractivity contribution in [1.82, 2.24) is 0 Å². The predicted octanol–water partition coefficient (Wildman–Crippen LogP) is 6.41. The van der Waals surface area contributed by atoms with E-state index in [4.69, 9.17) is 9.47 Å². The number of hydrogen-bond acceptors (Lipinski definition) is 6. The van der Waals surface area contributed by atoms with Crippen LogP contribution in [0.3, 0.4) is 0 Å². The third kappa shape index (κ3) is 6.50. The summed E-state index contributed by atoms with van der Waals surface area (Å²) in [6.45, 7) is 9.50. The van der Waals surface area contributed by atoms with Gasteiger partial charge in [0.1, 0.15) is 5.75 Å². The summed E-state index contributed by atoms with van der Waals surface area (Å²) in [5.41, 5.74) is 2.22. The van der Waals surface area contributed by atoms with Gasteiger partial charge in [-0.3, -0.25) is 9.59 Å². The molecule has 2 aromatic carbocycles. The summed E-state index contributed by atoms with van der Waals surface area (Å²) in [4.78, 5) is 51.1. The number of rotatable bonds is 12. The Labute approximate surface area is 218 Å². The Kier molecular flexibility index (Phi) is 9.72. The minimum Gasteiger partial charge on any atom is -0.462 e. The summed E-state index contributed by atoms with van der Waals surface area (Å²) < 4.78 is 10.9. The van der Waals surface area contributed by atoms with Crippen LogP contribution in [-0.2, 0) is 14.3 Å². The van der Waals surface area contributed by atoms with Crippen LogP contribution in [0.25, 0.3) is 0 Å². The number of carbonyl (C=O) groups excluding carboxylic acids is 4. The van der Waals surface area contributed by atoms with Gasteiger partial charge in [0.25, 0.3) is 0 Å². The van der Waals surface area contributed by atoms with E-state index < -0.39 is 11.9 Å². The molecule has 37 heavy (non-hydrogen) atoms. The molecule has 0 aromatic heterocycles. The molecule has 6 nitrogen and oxygen atoms in total. The van der Waals surface area contributed by atoms with Crippen LogP contribution in [0.1, 0.15) is 91.1 Å². The molecule has 1 unspecified atom stereocenters. The van der Waals surface area contributed by atoms with Crippen molar-refractivity contribution in [2.45, 2.75) is 59.3 Å². The maximum absolute atomic E-state index is 13.3. The largest absolute Gasteiger partial charge is 0.462 e. The summed E-state index contributed by atoms with van der Waals surface area (Å²) in [7, 11) is 0. The van der Waals surface area contributed by atoms with E-state index in [0.717, 1.165) is 37.3 Å². The number of unbranched alkanes of at least 4 members (excludes halogenated alkanes) is 1. The minimum absolute atomic E-state index is 0.0603. The number of ether oxygens (including phenoxy) is 2. The van der Waals surface area contributed by atoms with Gasteiger partial charge in [0.15, 0.2) is 11.6 Å². The second-order valence-electron chi connectivity index (χ2n) is 9.24. The van der Waals surface area contributed by atoms with Crippen molar-refractivity contribution in [2.24, 2.45) is 5.92 Å². The highest BCUT2D eigenvalue weighted by atomic mass is 16.5. The maximum Gasteiger partial charge on any atom is 0.339 e. The van der Waals surface area contributed by atoms with Gasteiger partial charge >= 0.3 is 11.9 Å². The molecule has 0 radical (unpaired) electrons. The van der Waals surface area contributed by atoms with Crippen molar-refractivity contribution in [3.63, 3.8) is 0 Å². The molecule has 0 saturated heterocycles. The molecule has 1 atom stereocenters. The fourth-order valence-electron chi connectivity index (χ4n) is 4.59. The van der Waals surface area contributed by atoms with E-state index in [9.17, 15) is 19.2 Å². The fraction of sp³-hybridized carbons (Fsp3) is 0.355. The molecule has 3 rings (SSSR count). The number of benzene rings is 2. The first-order valence-corrected chi connectivity index (χ1v) is 12.8. The van der Waals surface area contributed by atoms with Gasteiger partial charge in [0.05, 0.1) is 12.2 Å². The van der Waals surface area contributed by atoms with Gasteiger partial charge in [-0.2, -0.15) is 0 Å². The Balaban J connectivity index is 1.90. The third-order valence-electron chi connectivity index (χ3n) is 6.85. The van der Waals surface area contributed by atoms with Crippen molar-refractivity contribution in [1.29, 1.82) is 0 Å². The quantitative estimate of drug-likeness (QED) is 0.162. The minimum atomic E-state index is -0.595. The van der Waals surface area contributed by atoms with Crippen molar-refractivity contribution in [2.75, 3.05) is 6.61 Å². The second kappa shape index (κ2) is 12.9. The normalized spacial score (nSPS) is 13.7. The SMILES string of the molecule is C=CC(=O)OCCC(CC(CC)CCCC)=C(C)C(=O)Oc1cccc2c1C(=O)c1ccccc1C2=O. The molecule has 0 N–H and O–H groups in total. The van der Waals surface area contributed by atoms with Crippen LogP contribution in [0.4, 0.5) is 0 Å². The van der Waals surface area contributed by atoms with Gasteiger partial charge in [-0.1, -0.05) is 88.1 Å². The summed E-state index contributed by atoms with van der Waals surface area (Å²) in [6, 6.07) is 11.3. The van der Waals surface area contributed by atoms with Gasteiger partial charge in [0.2, 0.25) is 0 Å². The van der Waals surface area contributed by atoms with Crippen molar-refractivity contribution >= 4 is 23.5 Å². The first kappa shape index (κ1) is 27.8. The second-order valence-corrected chi connectivity index (χ2v) is 9.24. The van der Waals surface area contributed by atoms with Crippen molar-refractivity contribution in [3.05, 3.63) is 88.5 Å². The third-order valence-corrected chi connectivity index (χ3v) is 6.85. The molecule has 1 aliphatic rings. The molecule has 0 fully saturated rings. The van der Waals surface area contributed by atoms with Gasteiger partial charge in [-0.05, 0) is 25.3 Å². The molecule has 0 heterocycles. The average Bonchev–Trinajstić information content (AvgIpc) is 2.92. The van der Waals surface area contributed by atoms with Gasteiger partial charge < -0.3 is 9.47 Å². The van der Waals surface area contributed by atoms with Crippen LogP contribution < -0.4 is 4.74 Å². The number of hydrogen-bond donors (Lipinski definition) is 0. The molecule has 0 amide bonds. The summed E-state index contributed by atoms with van der Waals surface area (Å²) >= 11 is 0. The van der Waals surface area contributed by atoms with Gasteiger partial charge in [-0.15, -0.1) is 0 Å². The molecule has 0 bridgehead atoms. The molecular weight excluding hydrogens is 468 g/mol. The van der Waals surface area contributed by atoms with E-state index in [-0.39, 0.29) is 35.0 Å². The molecular formula is C31H34O6. The van der Waals surface area contributed by atoms with Crippen LogP contribution in [0.5, 0.6) is 5.75 Å². The first-order chi connectivity index (χ1) is 17.8. The molecule has 6 heteroatoms. The zero-order valence-electron chi connectivity index (χ0n) is 21.8. The number of carbonyl (C=O) groups is 4. The highest BCUT2D eigenvalue weighted by molar-refractivity contribution is 6.29. The van der Waals surface area contributed by atoms with Crippen molar-refractivity contribution in [3.8, 4) is 5.75 Å². The summed E-state index contributed by atoms with van der Waals surface area (Å²) in [5.74, 6) is -1.29. The monoisotopic (exact) mass is 502 g/mol. The van der Waals surface area contributed by atoms with Gasteiger partial charge in [-0.25, -0.2) is 9.59 Å². The lowest BCUT2D eigenvalue weighted by atomic mass is 9.83. The Bertz CT molecular complexity index is 1240. The lowest BCUT2D eigenvalue weighted by molar-refractivity contribution is -0.137. The topological polar surface area (TPSA) is 86.7 Å². The van der Waals surface area contributed by atoms with Crippen LogP contribution in [0.15, 0.2) is 66.3 Å². The number of ketones is 2. The van der Waals surface area contributed by atoms with E-state index in [1.807, 2.05) is 0 Å².